The fourth-order valence-electron chi connectivity index (χ4n) is 2.82. The van der Waals surface area contributed by atoms with E-state index < -0.39 is 0 Å². The quantitative estimate of drug-likeness (QED) is 0.877. The van der Waals surface area contributed by atoms with Gasteiger partial charge in [-0.25, -0.2) is 0 Å². The van der Waals surface area contributed by atoms with Crippen molar-refractivity contribution >= 4 is 11.3 Å². The van der Waals surface area contributed by atoms with Crippen molar-refractivity contribution < 1.29 is 0 Å². The van der Waals surface area contributed by atoms with Gasteiger partial charge in [-0.15, -0.1) is 11.3 Å². The minimum Gasteiger partial charge on any atom is -0.329 e. The molecule has 0 radical (unpaired) electrons. The van der Waals surface area contributed by atoms with Crippen LogP contribution in [0, 0.1) is 6.92 Å². The third kappa shape index (κ3) is 3.11. The Morgan fingerprint density at radius 1 is 1.30 bits per heavy atom. The Morgan fingerprint density at radius 3 is 2.75 bits per heavy atom. The number of nitrogens with zero attached hydrogens (tertiary/aromatic N) is 1. The van der Waals surface area contributed by atoms with Crippen LogP contribution in [0.2, 0.25) is 0 Å². The normalized spacial score (nSPS) is 16.6. The number of thiophene rings is 1. The highest BCUT2D eigenvalue weighted by atomic mass is 32.1. The van der Waals surface area contributed by atoms with Crippen molar-refractivity contribution in [2.45, 2.75) is 38.4 Å². The molecular weight excluding hydrogens is 264 g/mol. The van der Waals surface area contributed by atoms with E-state index in [0.717, 1.165) is 6.54 Å². The van der Waals surface area contributed by atoms with Crippen LogP contribution in [0.5, 0.6) is 0 Å². The Balaban J connectivity index is 1.84. The molecule has 1 saturated carbocycles. The lowest BCUT2D eigenvalue weighted by Crippen LogP contribution is -2.35. The minimum atomic E-state index is 0.338. The molecule has 0 spiro atoms. The van der Waals surface area contributed by atoms with Gasteiger partial charge in [0.1, 0.15) is 0 Å². The molecule has 1 fully saturated rings. The highest BCUT2D eigenvalue weighted by Gasteiger charge is 2.34. The summed E-state index contributed by atoms with van der Waals surface area (Å²) in [6.45, 7) is 3.86. The standard InChI is InChI=1S/C17H22N2S/c1-13-4-2-5-14(10-13)17(11-18)19(15-7-8-15)12-16-6-3-9-20-16/h2-6,9-10,15,17H,7-8,11-12,18H2,1H3. The molecule has 0 aliphatic heterocycles. The van der Waals surface area contributed by atoms with Gasteiger partial charge in [0.2, 0.25) is 0 Å². The van der Waals surface area contributed by atoms with Crippen LogP contribution in [0.4, 0.5) is 0 Å². The topological polar surface area (TPSA) is 29.3 Å². The van der Waals surface area contributed by atoms with Gasteiger partial charge in [-0.2, -0.15) is 0 Å². The van der Waals surface area contributed by atoms with E-state index in [2.05, 4.69) is 53.6 Å². The van der Waals surface area contributed by atoms with E-state index in [1.807, 2.05) is 11.3 Å². The Morgan fingerprint density at radius 2 is 2.15 bits per heavy atom. The molecule has 0 amide bonds. The first-order chi connectivity index (χ1) is 9.78. The molecule has 0 bridgehead atoms. The van der Waals surface area contributed by atoms with Gasteiger partial charge < -0.3 is 5.73 Å². The van der Waals surface area contributed by atoms with Gasteiger partial charge in [-0.3, -0.25) is 4.90 Å². The maximum Gasteiger partial charge on any atom is 0.0477 e. The van der Waals surface area contributed by atoms with Crippen LogP contribution in [0.15, 0.2) is 41.8 Å². The van der Waals surface area contributed by atoms with Crippen molar-refractivity contribution in [3.63, 3.8) is 0 Å². The second-order valence-electron chi connectivity index (χ2n) is 5.65. The summed E-state index contributed by atoms with van der Waals surface area (Å²) < 4.78 is 0. The highest BCUT2D eigenvalue weighted by molar-refractivity contribution is 7.09. The van der Waals surface area contributed by atoms with E-state index in [0.29, 0.717) is 18.6 Å². The van der Waals surface area contributed by atoms with E-state index in [4.69, 9.17) is 5.73 Å². The van der Waals surface area contributed by atoms with Crippen LogP contribution in [0.3, 0.4) is 0 Å². The molecule has 0 saturated heterocycles. The molecule has 2 N–H and O–H groups in total. The number of rotatable bonds is 6. The van der Waals surface area contributed by atoms with Crippen molar-refractivity contribution in [2.75, 3.05) is 6.54 Å². The Kier molecular flexibility index (Phi) is 4.20. The van der Waals surface area contributed by atoms with E-state index in [-0.39, 0.29) is 0 Å². The number of hydrogen-bond acceptors (Lipinski definition) is 3. The monoisotopic (exact) mass is 286 g/mol. The summed E-state index contributed by atoms with van der Waals surface area (Å²) in [5, 5.41) is 2.16. The average Bonchev–Trinajstić information content (AvgIpc) is 3.16. The maximum absolute atomic E-state index is 6.11. The van der Waals surface area contributed by atoms with E-state index in [9.17, 15) is 0 Å². The van der Waals surface area contributed by atoms with Crippen molar-refractivity contribution in [1.29, 1.82) is 0 Å². The van der Waals surface area contributed by atoms with Gasteiger partial charge >= 0.3 is 0 Å². The van der Waals surface area contributed by atoms with E-state index in [1.165, 1.54) is 28.8 Å². The summed E-state index contributed by atoms with van der Waals surface area (Å²) in [6, 6.07) is 14.2. The van der Waals surface area contributed by atoms with Gasteiger partial charge in [0.15, 0.2) is 0 Å². The molecule has 3 rings (SSSR count). The first-order valence-electron chi connectivity index (χ1n) is 7.32. The Hall–Kier alpha value is -1.16. The molecule has 20 heavy (non-hydrogen) atoms. The van der Waals surface area contributed by atoms with Crippen molar-refractivity contribution in [3.05, 3.63) is 57.8 Å². The summed E-state index contributed by atoms with van der Waals surface area (Å²) in [4.78, 5) is 4.03. The number of benzene rings is 1. The van der Waals surface area contributed by atoms with Crippen LogP contribution < -0.4 is 5.73 Å². The molecule has 2 nitrogen and oxygen atoms in total. The van der Waals surface area contributed by atoms with Crippen LogP contribution in [-0.4, -0.2) is 17.5 Å². The van der Waals surface area contributed by atoms with Crippen LogP contribution in [0.1, 0.15) is 34.9 Å². The van der Waals surface area contributed by atoms with Crippen LogP contribution in [-0.2, 0) is 6.54 Å². The average molecular weight is 286 g/mol. The molecule has 106 valence electrons. The van der Waals surface area contributed by atoms with Crippen LogP contribution in [0.25, 0.3) is 0 Å². The first kappa shape index (κ1) is 13.8. The molecule has 2 aromatic rings. The smallest absolute Gasteiger partial charge is 0.0477 e. The highest BCUT2D eigenvalue weighted by Crippen LogP contribution is 2.36. The number of nitrogens with two attached hydrogens (primary N) is 1. The Labute approximate surface area is 125 Å². The molecule has 1 aromatic carbocycles. The predicted molar refractivity (Wildman–Crippen MR) is 85.9 cm³/mol. The number of aryl methyl sites for hydroxylation is 1. The zero-order valence-electron chi connectivity index (χ0n) is 12.0. The molecular formula is C17H22N2S. The van der Waals surface area contributed by atoms with Crippen molar-refractivity contribution in [3.8, 4) is 0 Å². The van der Waals surface area contributed by atoms with E-state index >= 15 is 0 Å². The Bertz CT molecular complexity index is 546. The third-order valence-electron chi connectivity index (χ3n) is 3.98. The van der Waals surface area contributed by atoms with E-state index in [1.54, 1.807) is 0 Å². The van der Waals surface area contributed by atoms with Gasteiger partial charge in [-0.05, 0) is 36.8 Å². The first-order valence-corrected chi connectivity index (χ1v) is 8.20. The molecule has 3 heteroatoms. The fourth-order valence-corrected chi connectivity index (χ4v) is 3.54. The summed E-state index contributed by atoms with van der Waals surface area (Å²) >= 11 is 1.84. The maximum atomic E-state index is 6.11. The SMILES string of the molecule is Cc1cccc(C(CN)N(Cc2cccs2)C2CC2)c1. The lowest BCUT2D eigenvalue weighted by atomic mass is 10.0. The zero-order chi connectivity index (χ0) is 13.9. The fraction of sp³-hybridized carbons (Fsp3) is 0.412. The summed E-state index contributed by atoms with van der Waals surface area (Å²) in [7, 11) is 0. The molecule has 1 aromatic heterocycles. The zero-order valence-corrected chi connectivity index (χ0v) is 12.8. The molecule has 1 aliphatic rings. The lowest BCUT2D eigenvalue weighted by Gasteiger charge is -2.31. The molecule has 1 unspecified atom stereocenters. The molecule has 1 aliphatic carbocycles. The van der Waals surface area contributed by atoms with Gasteiger partial charge in [-0.1, -0.05) is 35.9 Å². The summed E-state index contributed by atoms with van der Waals surface area (Å²) in [5.41, 5.74) is 8.78. The number of hydrogen-bond donors (Lipinski definition) is 1. The minimum absolute atomic E-state index is 0.338. The summed E-state index contributed by atoms with van der Waals surface area (Å²) in [5.74, 6) is 0. The van der Waals surface area contributed by atoms with Gasteiger partial charge in [0.25, 0.3) is 0 Å². The largest absolute Gasteiger partial charge is 0.329 e. The third-order valence-corrected chi connectivity index (χ3v) is 4.85. The molecule has 1 atom stereocenters. The summed E-state index contributed by atoms with van der Waals surface area (Å²) in [6.07, 6.45) is 2.63. The predicted octanol–water partition coefficient (Wildman–Crippen LogP) is 3.72. The second-order valence-corrected chi connectivity index (χ2v) is 6.68. The van der Waals surface area contributed by atoms with Crippen molar-refractivity contribution in [1.82, 2.24) is 4.90 Å². The lowest BCUT2D eigenvalue weighted by molar-refractivity contribution is 0.183. The van der Waals surface area contributed by atoms with Crippen molar-refractivity contribution in [2.24, 2.45) is 5.73 Å². The second kappa shape index (κ2) is 6.08. The van der Waals surface area contributed by atoms with Gasteiger partial charge in [0.05, 0.1) is 0 Å². The molecule has 1 heterocycles. The van der Waals surface area contributed by atoms with Gasteiger partial charge in [0, 0.05) is 30.1 Å². The van der Waals surface area contributed by atoms with Crippen LogP contribution >= 0.6 is 11.3 Å².